The lowest BCUT2D eigenvalue weighted by Crippen LogP contribution is -2.19. The van der Waals surface area contributed by atoms with Gasteiger partial charge >= 0.3 is 6.18 Å². The van der Waals surface area contributed by atoms with Gasteiger partial charge in [-0.15, -0.1) is 0 Å². The number of hydrogen-bond donors (Lipinski definition) is 2. The van der Waals surface area contributed by atoms with Crippen molar-refractivity contribution in [3.8, 4) is 5.75 Å². The number of aliphatic hydroxyl groups excluding tert-OH is 1. The van der Waals surface area contributed by atoms with Gasteiger partial charge in [0.2, 0.25) is 0 Å². The predicted octanol–water partition coefficient (Wildman–Crippen LogP) is 3.97. The van der Waals surface area contributed by atoms with Gasteiger partial charge in [0.05, 0.1) is 6.61 Å². The predicted molar refractivity (Wildman–Crippen MR) is 85.6 cm³/mol. The highest BCUT2D eigenvalue weighted by atomic mass is 19.4. The lowest BCUT2D eigenvalue weighted by atomic mass is 10.1. The molecule has 0 spiro atoms. The molecule has 0 radical (unpaired) electrons. The van der Waals surface area contributed by atoms with Crippen LogP contribution in [0.2, 0.25) is 0 Å². The molecular weight excluding hydrogens is 319 g/mol. The number of benzene rings is 2. The first-order valence-electron chi connectivity index (χ1n) is 7.59. The molecule has 3 nitrogen and oxygen atoms in total. The minimum absolute atomic E-state index is 0.0000517. The van der Waals surface area contributed by atoms with E-state index in [4.69, 9.17) is 5.11 Å². The van der Waals surface area contributed by atoms with Crippen LogP contribution in [-0.4, -0.2) is 17.9 Å². The molecule has 130 valence electrons. The fourth-order valence-corrected chi connectivity index (χ4v) is 2.22. The smallest absolute Gasteiger partial charge is 0.422 e. The van der Waals surface area contributed by atoms with E-state index in [2.05, 4.69) is 10.1 Å². The topological polar surface area (TPSA) is 41.5 Å². The third-order valence-corrected chi connectivity index (χ3v) is 3.57. The van der Waals surface area contributed by atoms with Gasteiger partial charge in [0.25, 0.3) is 0 Å². The van der Waals surface area contributed by atoms with Crippen molar-refractivity contribution in [1.29, 1.82) is 0 Å². The molecule has 0 saturated heterocycles. The monoisotopic (exact) mass is 339 g/mol. The molecule has 0 saturated carbocycles. The van der Waals surface area contributed by atoms with Crippen LogP contribution in [0.1, 0.15) is 29.7 Å². The molecule has 2 N–H and O–H groups in total. The maximum Gasteiger partial charge on any atom is 0.422 e. The molecule has 0 amide bonds. The molecular formula is C18H20F3NO2. The fourth-order valence-electron chi connectivity index (χ4n) is 2.22. The summed E-state index contributed by atoms with van der Waals surface area (Å²) in [6.45, 7) is 1.30. The Hall–Kier alpha value is -2.05. The van der Waals surface area contributed by atoms with Gasteiger partial charge in [0.1, 0.15) is 5.75 Å². The van der Waals surface area contributed by atoms with Crippen molar-refractivity contribution in [2.24, 2.45) is 0 Å². The summed E-state index contributed by atoms with van der Waals surface area (Å²) in [4.78, 5) is 0. The molecule has 2 aromatic carbocycles. The lowest BCUT2D eigenvalue weighted by Gasteiger charge is -2.15. The molecule has 0 fully saturated rings. The zero-order chi connectivity index (χ0) is 17.6. The minimum atomic E-state index is -4.33. The number of hydrogen-bond acceptors (Lipinski definition) is 3. The Bertz CT molecular complexity index is 641. The first kappa shape index (κ1) is 18.3. The first-order chi connectivity index (χ1) is 11.4. The Morgan fingerprint density at radius 3 is 2.42 bits per heavy atom. The van der Waals surface area contributed by atoms with Gasteiger partial charge in [-0.2, -0.15) is 13.2 Å². The maximum absolute atomic E-state index is 12.1. The normalized spacial score (nSPS) is 12.9. The van der Waals surface area contributed by atoms with Crippen molar-refractivity contribution in [1.82, 2.24) is 5.32 Å². The van der Waals surface area contributed by atoms with Gasteiger partial charge in [0, 0.05) is 12.6 Å². The van der Waals surface area contributed by atoms with Gasteiger partial charge in [0.15, 0.2) is 6.61 Å². The molecule has 0 aliphatic rings. The van der Waals surface area contributed by atoms with Crippen LogP contribution in [0.3, 0.4) is 0 Å². The van der Waals surface area contributed by atoms with Crippen LogP contribution in [0.25, 0.3) is 0 Å². The molecule has 1 unspecified atom stereocenters. The van der Waals surface area contributed by atoms with Crippen LogP contribution in [0, 0.1) is 0 Å². The van der Waals surface area contributed by atoms with Gasteiger partial charge in [-0.1, -0.05) is 36.4 Å². The molecule has 0 aromatic heterocycles. The molecule has 1 atom stereocenters. The number of rotatable bonds is 7. The molecule has 6 heteroatoms. The molecule has 0 heterocycles. The average Bonchev–Trinajstić information content (AvgIpc) is 2.58. The van der Waals surface area contributed by atoms with Crippen molar-refractivity contribution < 1.29 is 23.0 Å². The van der Waals surface area contributed by atoms with E-state index >= 15 is 0 Å². The SMILES string of the molecule is CC(NCc1ccc(OCC(F)(F)F)cc1)c1cccc(CO)c1. The third kappa shape index (κ3) is 5.86. The quantitative estimate of drug-likeness (QED) is 0.802. The second-order valence-electron chi connectivity index (χ2n) is 5.55. The largest absolute Gasteiger partial charge is 0.484 e. The van der Waals surface area contributed by atoms with Gasteiger partial charge in [-0.25, -0.2) is 0 Å². The number of halogens is 3. The Morgan fingerprint density at radius 1 is 1.08 bits per heavy atom. The molecule has 0 aliphatic carbocycles. The summed E-state index contributed by atoms with van der Waals surface area (Å²) >= 11 is 0. The van der Waals surface area contributed by atoms with Crippen LogP contribution in [-0.2, 0) is 13.2 Å². The standard InChI is InChI=1S/C18H20F3NO2/c1-13(16-4-2-3-15(9-16)11-23)22-10-14-5-7-17(8-6-14)24-12-18(19,20)21/h2-9,13,22-23H,10-12H2,1H3. The summed E-state index contributed by atoms with van der Waals surface area (Å²) in [7, 11) is 0. The summed E-state index contributed by atoms with van der Waals surface area (Å²) in [5.74, 6) is 0.194. The molecule has 2 rings (SSSR count). The first-order valence-corrected chi connectivity index (χ1v) is 7.59. The molecule has 0 aliphatic heterocycles. The number of alkyl halides is 3. The summed E-state index contributed by atoms with van der Waals surface area (Å²) in [5, 5.41) is 12.5. The number of ether oxygens (including phenoxy) is 1. The van der Waals surface area contributed by atoms with Crippen molar-refractivity contribution in [3.63, 3.8) is 0 Å². The molecule has 2 aromatic rings. The van der Waals surface area contributed by atoms with Crippen molar-refractivity contribution in [2.45, 2.75) is 32.3 Å². The van der Waals surface area contributed by atoms with E-state index in [1.165, 1.54) is 12.1 Å². The maximum atomic E-state index is 12.1. The van der Waals surface area contributed by atoms with E-state index in [1.807, 2.05) is 31.2 Å². The van der Waals surface area contributed by atoms with Crippen molar-refractivity contribution in [2.75, 3.05) is 6.61 Å². The summed E-state index contributed by atoms with van der Waals surface area (Å²) in [6, 6.07) is 14.3. The van der Waals surface area contributed by atoms with Crippen LogP contribution in [0.4, 0.5) is 13.2 Å². The Morgan fingerprint density at radius 2 is 1.79 bits per heavy atom. The van der Waals surface area contributed by atoms with Gasteiger partial charge in [-0.05, 0) is 35.7 Å². The van der Waals surface area contributed by atoms with E-state index < -0.39 is 12.8 Å². The van der Waals surface area contributed by atoms with E-state index in [9.17, 15) is 13.2 Å². The minimum Gasteiger partial charge on any atom is -0.484 e. The van der Waals surface area contributed by atoms with Crippen LogP contribution in [0.5, 0.6) is 5.75 Å². The number of nitrogens with one attached hydrogen (secondary N) is 1. The molecule has 0 bridgehead atoms. The lowest BCUT2D eigenvalue weighted by molar-refractivity contribution is -0.153. The van der Waals surface area contributed by atoms with E-state index in [0.29, 0.717) is 6.54 Å². The Balaban J connectivity index is 1.87. The molecule has 24 heavy (non-hydrogen) atoms. The highest BCUT2D eigenvalue weighted by Crippen LogP contribution is 2.19. The second-order valence-corrected chi connectivity index (χ2v) is 5.55. The van der Waals surface area contributed by atoms with Crippen LogP contribution < -0.4 is 10.1 Å². The average molecular weight is 339 g/mol. The zero-order valence-electron chi connectivity index (χ0n) is 13.3. The summed E-state index contributed by atoms with van der Waals surface area (Å²) < 4.78 is 41.0. The highest BCUT2D eigenvalue weighted by molar-refractivity contribution is 5.28. The number of aliphatic hydroxyl groups is 1. The second kappa shape index (κ2) is 8.17. The highest BCUT2D eigenvalue weighted by Gasteiger charge is 2.28. The van der Waals surface area contributed by atoms with Crippen molar-refractivity contribution in [3.05, 3.63) is 65.2 Å². The van der Waals surface area contributed by atoms with Gasteiger partial charge < -0.3 is 15.2 Å². The third-order valence-electron chi connectivity index (χ3n) is 3.57. The fraction of sp³-hybridized carbons (Fsp3) is 0.333. The van der Waals surface area contributed by atoms with Crippen LogP contribution in [0.15, 0.2) is 48.5 Å². The van der Waals surface area contributed by atoms with E-state index in [-0.39, 0.29) is 18.4 Å². The van der Waals surface area contributed by atoms with E-state index in [0.717, 1.165) is 16.7 Å². The summed E-state index contributed by atoms with van der Waals surface area (Å²) in [6.07, 6.45) is -4.33. The van der Waals surface area contributed by atoms with Gasteiger partial charge in [-0.3, -0.25) is 0 Å². The Labute approximate surface area is 139 Å². The Kier molecular flexibility index (Phi) is 6.23. The summed E-state index contributed by atoms with van der Waals surface area (Å²) in [5.41, 5.74) is 2.86. The van der Waals surface area contributed by atoms with Crippen LogP contribution >= 0.6 is 0 Å². The zero-order valence-corrected chi connectivity index (χ0v) is 13.3. The van der Waals surface area contributed by atoms with E-state index in [1.54, 1.807) is 12.1 Å². The van der Waals surface area contributed by atoms with Crippen molar-refractivity contribution >= 4 is 0 Å².